The molecule has 1 aliphatic carbocycles. The van der Waals surface area contributed by atoms with Crippen LogP contribution >= 0.6 is 19.4 Å². The van der Waals surface area contributed by atoms with Crippen molar-refractivity contribution < 1.29 is 42.3 Å². The van der Waals surface area contributed by atoms with Gasteiger partial charge in [0, 0.05) is 28.5 Å². The van der Waals surface area contributed by atoms with E-state index in [-0.39, 0.29) is 17.1 Å². The SMILES string of the molecule is Cc1ccccc1Cl.F[P-](F)(F)(F)(F)F.[CH]1C=CC=C1.[Fe]. The number of hydrogen-bond acceptors (Lipinski definition) is 0. The third kappa shape index (κ3) is 24.9. The summed E-state index contributed by atoms with van der Waals surface area (Å²) in [5.74, 6) is 0. The van der Waals surface area contributed by atoms with Gasteiger partial charge >= 0.3 is 33.0 Å². The summed E-state index contributed by atoms with van der Waals surface area (Å²) in [5.41, 5.74) is 1.13. The van der Waals surface area contributed by atoms with Gasteiger partial charge in [-0.15, -0.1) is 0 Å². The second-order valence-corrected chi connectivity index (χ2v) is 5.99. The minimum Gasteiger partial charge on any atom is -0.0767 e. The van der Waals surface area contributed by atoms with E-state index in [1.54, 1.807) is 0 Å². The molecule has 0 saturated carbocycles. The van der Waals surface area contributed by atoms with Crippen LogP contribution in [-0.2, 0) is 17.1 Å². The molecule has 0 fully saturated rings. The summed E-state index contributed by atoms with van der Waals surface area (Å²) in [6, 6.07) is 7.77. The van der Waals surface area contributed by atoms with E-state index in [1.165, 1.54) is 0 Å². The zero-order valence-corrected chi connectivity index (χ0v) is 13.4. The molecule has 1 aromatic carbocycles. The molecule has 0 unspecified atom stereocenters. The van der Waals surface area contributed by atoms with Gasteiger partial charge in [-0.1, -0.05) is 54.1 Å². The Bertz CT molecular complexity index is 453. The van der Waals surface area contributed by atoms with Crippen LogP contribution in [0.15, 0.2) is 48.6 Å². The van der Waals surface area contributed by atoms with Gasteiger partial charge in [-0.3, -0.25) is 0 Å². The van der Waals surface area contributed by atoms with E-state index in [1.807, 2.05) is 61.9 Å². The number of benzene rings is 1. The van der Waals surface area contributed by atoms with Gasteiger partial charge in [0.2, 0.25) is 0 Å². The van der Waals surface area contributed by atoms with Gasteiger partial charge in [-0.25, -0.2) is 0 Å². The maximum atomic E-state index is 9.87. The third-order valence-corrected chi connectivity index (χ3v) is 2.06. The molecule has 21 heavy (non-hydrogen) atoms. The first kappa shape index (κ1) is 22.8. The summed E-state index contributed by atoms with van der Waals surface area (Å²) in [5, 5.41) is 0.840. The minimum atomic E-state index is -10.7. The van der Waals surface area contributed by atoms with Crippen LogP contribution in [0.5, 0.6) is 0 Å². The Morgan fingerprint density at radius 2 is 1.19 bits per heavy atom. The van der Waals surface area contributed by atoms with Crippen molar-refractivity contribution in [1.29, 1.82) is 0 Å². The standard InChI is InChI=1S/C7H7Cl.C5H5.F6P.Fe/c1-6-4-2-3-5-7(6)8;1-2-4-5-3-1;1-7(2,3,4,5)6;/h2-5H,1H3;1-5H;;/q;;-1;. The average molecular weight is 392 g/mol. The van der Waals surface area contributed by atoms with Gasteiger partial charge in [0.05, 0.1) is 0 Å². The summed E-state index contributed by atoms with van der Waals surface area (Å²) in [6.45, 7) is 1.99. The van der Waals surface area contributed by atoms with Crippen molar-refractivity contribution in [2.45, 2.75) is 6.92 Å². The molecule has 1 aromatic rings. The Hall–Kier alpha value is -0.481. The fraction of sp³-hybridized carbons (Fsp3) is 0.0833. The van der Waals surface area contributed by atoms with Crippen LogP contribution in [0.25, 0.3) is 0 Å². The summed E-state index contributed by atoms with van der Waals surface area (Å²) in [6.07, 6.45) is 10.0. The number of halogens is 7. The smallest absolute Gasteiger partial charge is 0.00506 e. The van der Waals surface area contributed by atoms with Crippen molar-refractivity contribution >= 4 is 19.4 Å². The second kappa shape index (κ2) is 7.68. The van der Waals surface area contributed by atoms with Crippen LogP contribution in [-0.4, -0.2) is 0 Å². The van der Waals surface area contributed by atoms with Crippen molar-refractivity contribution in [3.63, 3.8) is 0 Å². The maximum absolute atomic E-state index is 10.7. The molecule has 0 atom stereocenters. The molecule has 0 aliphatic heterocycles. The van der Waals surface area contributed by atoms with Crippen molar-refractivity contribution in [3.05, 3.63) is 65.6 Å². The zero-order valence-electron chi connectivity index (χ0n) is 10.6. The molecule has 1 aliphatic rings. The minimum absolute atomic E-state index is 0. The second-order valence-electron chi connectivity index (χ2n) is 3.67. The Labute approximate surface area is 134 Å². The average Bonchev–Trinajstić information content (AvgIpc) is 2.76. The van der Waals surface area contributed by atoms with Crippen LogP contribution < -0.4 is 0 Å². The molecule has 123 valence electrons. The van der Waals surface area contributed by atoms with Gasteiger partial charge in [0.25, 0.3) is 0 Å². The fourth-order valence-corrected chi connectivity index (χ4v) is 1.01. The Kier molecular flexibility index (Phi) is 8.34. The number of hydrogen-bond donors (Lipinski definition) is 0. The topological polar surface area (TPSA) is 0 Å². The molecule has 9 heteroatoms. The van der Waals surface area contributed by atoms with Crippen LogP contribution in [0.3, 0.4) is 0 Å². The molecule has 0 heterocycles. The van der Waals surface area contributed by atoms with Crippen LogP contribution in [0.2, 0.25) is 5.02 Å². The van der Waals surface area contributed by atoms with E-state index in [2.05, 4.69) is 0 Å². The van der Waals surface area contributed by atoms with Gasteiger partial charge in [0.15, 0.2) is 0 Å². The number of rotatable bonds is 0. The Morgan fingerprint density at radius 3 is 1.38 bits per heavy atom. The molecular weight excluding hydrogens is 380 g/mol. The van der Waals surface area contributed by atoms with E-state index >= 15 is 0 Å². The zero-order chi connectivity index (χ0) is 15.9. The summed E-state index contributed by atoms with van der Waals surface area (Å²) in [7, 11) is -10.7. The van der Waals surface area contributed by atoms with E-state index in [0.717, 1.165) is 10.6 Å². The Balaban J connectivity index is 0. The fourth-order valence-electron chi connectivity index (χ4n) is 0.872. The van der Waals surface area contributed by atoms with Crippen LogP contribution in [0.4, 0.5) is 25.2 Å². The molecule has 0 amide bonds. The largest absolute Gasteiger partial charge is 0.0767 e. The van der Waals surface area contributed by atoms with Crippen molar-refractivity contribution in [3.8, 4) is 0 Å². The van der Waals surface area contributed by atoms with Gasteiger partial charge < -0.3 is 0 Å². The van der Waals surface area contributed by atoms with Crippen LogP contribution in [0, 0.1) is 13.3 Å². The summed E-state index contributed by atoms with van der Waals surface area (Å²) >= 11 is 5.71. The van der Waals surface area contributed by atoms with Gasteiger partial charge in [-0.05, 0) is 18.6 Å². The Morgan fingerprint density at radius 1 is 0.810 bits per heavy atom. The monoisotopic (exact) mass is 392 g/mol. The predicted octanol–water partition coefficient (Wildman–Crippen LogP) is 7.35. The first-order valence-electron chi connectivity index (χ1n) is 5.20. The van der Waals surface area contributed by atoms with Gasteiger partial charge in [-0.2, -0.15) is 0 Å². The van der Waals surface area contributed by atoms with Crippen molar-refractivity contribution in [2.24, 2.45) is 0 Å². The number of aryl methyl sites for hydroxylation is 1. The quantitative estimate of drug-likeness (QED) is 0.246. The summed E-state index contributed by atoms with van der Waals surface area (Å²) in [4.78, 5) is 0. The first-order valence-corrected chi connectivity index (χ1v) is 7.60. The van der Waals surface area contributed by atoms with E-state index in [9.17, 15) is 25.2 Å². The maximum Gasteiger partial charge on any atom is 0.00506 e. The van der Waals surface area contributed by atoms with E-state index in [0.29, 0.717) is 0 Å². The van der Waals surface area contributed by atoms with Crippen LogP contribution in [0.1, 0.15) is 5.56 Å². The predicted molar refractivity (Wildman–Crippen MR) is 72.3 cm³/mol. The molecule has 2 rings (SSSR count). The van der Waals surface area contributed by atoms with E-state index in [4.69, 9.17) is 11.6 Å². The molecule has 0 spiro atoms. The molecule has 0 nitrogen and oxygen atoms in total. The molecule has 0 saturated heterocycles. The van der Waals surface area contributed by atoms with Gasteiger partial charge in [0.1, 0.15) is 0 Å². The van der Waals surface area contributed by atoms with Crippen molar-refractivity contribution in [1.82, 2.24) is 0 Å². The molecule has 0 bridgehead atoms. The molecule has 0 aromatic heterocycles. The molecular formula is C12H12ClF6FeP-. The summed E-state index contributed by atoms with van der Waals surface area (Å²) < 4.78 is 59.2. The molecule has 0 N–H and O–H groups in total. The van der Waals surface area contributed by atoms with E-state index < -0.39 is 7.81 Å². The first-order chi connectivity index (χ1) is 8.75. The molecule has 1 radical (unpaired) electrons. The normalized spacial score (nSPS) is 15.4. The van der Waals surface area contributed by atoms with Crippen molar-refractivity contribution in [2.75, 3.05) is 0 Å². The number of allylic oxidation sites excluding steroid dienone is 4. The third-order valence-electron chi connectivity index (χ3n) is 1.63.